The van der Waals surface area contributed by atoms with Gasteiger partial charge in [-0.2, -0.15) is 0 Å². The highest BCUT2D eigenvalue weighted by Gasteiger charge is 2.12. The maximum absolute atomic E-state index is 12.2. The number of carboxylic acid groups (broad SMARTS) is 1. The largest absolute Gasteiger partial charge is 0.550 e. The van der Waals surface area contributed by atoms with Crippen molar-refractivity contribution in [1.82, 2.24) is 0 Å². The molecule has 0 fully saturated rings. The van der Waals surface area contributed by atoms with E-state index in [4.69, 9.17) is 9.15 Å². The van der Waals surface area contributed by atoms with Crippen molar-refractivity contribution < 1.29 is 19.1 Å². The monoisotopic (exact) mass is 351 g/mol. The fraction of sp³-hybridized carbons (Fsp3) is 0.238. The minimum absolute atomic E-state index is 0.0952. The molecule has 1 aromatic heterocycles. The minimum atomic E-state index is -1.19. The summed E-state index contributed by atoms with van der Waals surface area (Å²) in [5.41, 5.74) is 3.23. The first-order valence-corrected chi connectivity index (χ1v) is 8.39. The zero-order valence-electron chi connectivity index (χ0n) is 14.7. The van der Waals surface area contributed by atoms with Gasteiger partial charge in [-0.15, -0.1) is 0 Å². The van der Waals surface area contributed by atoms with Crippen LogP contribution in [0.4, 0.5) is 0 Å². The maximum Gasteiger partial charge on any atom is 0.339 e. The van der Waals surface area contributed by atoms with Gasteiger partial charge in [-0.05, 0) is 55.5 Å². The number of carbonyl (C=O) groups is 1. The van der Waals surface area contributed by atoms with Crippen molar-refractivity contribution in [2.45, 2.75) is 33.3 Å². The van der Waals surface area contributed by atoms with Crippen LogP contribution in [-0.2, 0) is 17.8 Å². The standard InChI is InChI=1S/C21H20O5/c1-13-5-3-4-6-15(13)12-25-16-7-8-17-14(2)18(9-10-20(22)23)21(24)26-19(17)11-16/h3-8,11H,9-10,12H2,1-2H3,(H,22,23)/p-1. The van der Waals surface area contributed by atoms with Crippen LogP contribution in [0.5, 0.6) is 5.75 Å². The van der Waals surface area contributed by atoms with Crippen LogP contribution < -0.4 is 15.5 Å². The van der Waals surface area contributed by atoms with Gasteiger partial charge in [0.15, 0.2) is 0 Å². The number of hydrogen-bond acceptors (Lipinski definition) is 5. The molecule has 0 aliphatic heterocycles. The number of benzene rings is 2. The van der Waals surface area contributed by atoms with E-state index in [1.54, 1.807) is 13.0 Å². The van der Waals surface area contributed by atoms with E-state index in [9.17, 15) is 14.7 Å². The SMILES string of the molecule is Cc1ccccc1COc1ccc2c(C)c(CCC(=O)[O-])c(=O)oc2c1. The van der Waals surface area contributed by atoms with Crippen LogP contribution in [0, 0.1) is 13.8 Å². The summed E-state index contributed by atoms with van der Waals surface area (Å²) in [7, 11) is 0. The minimum Gasteiger partial charge on any atom is -0.550 e. The highest BCUT2D eigenvalue weighted by molar-refractivity contribution is 5.82. The van der Waals surface area contributed by atoms with Gasteiger partial charge in [-0.1, -0.05) is 24.3 Å². The molecule has 0 saturated heterocycles. The first-order chi connectivity index (χ1) is 12.5. The Morgan fingerprint density at radius 1 is 1.15 bits per heavy atom. The number of hydrogen-bond donors (Lipinski definition) is 0. The molecule has 2 aromatic carbocycles. The van der Waals surface area contributed by atoms with Crippen LogP contribution in [0.2, 0.25) is 0 Å². The second-order valence-electron chi connectivity index (χ2n) is 6.24. The second-order valence-corrected chi connectivity index (χ2v) is 6.24. The van der Waals surface area contributed by atoms with E-state index in [1.807, 2.05) is 43.3 Å². The zero-order valence-corrected chi connectivity index (χ0v) is 14.7. The molecule has 0 spiro atoms. The molecular formula is C21H19O5-. The van der Waals surface area contributed by atoms with E-state index in [-0.39, 0.29) is 12.8 Å². The summed E-state index contributed by atoms with van der Waals surface area (Å²) in [6.45, 7) is 4.23. The summed E-state index contributed by atoms with van der Waals surface area (Å²) >= 11 is 0. The molecule has 0 aliphatic rings. The molecule has 0 atom stereocenters. The number of ether oxygens (including phenoxy) is 1. The molecule has 26 heavy (non-hydrogen) atoms. The van der Waals surface area contributed by atoms with E-state index in [2.05, 4.69) is 0 Å². The van der Waals surface area contributed by atoms with E-state index in [0.717, 1.165) is 22.1 Å². The molecule has 134 valence electrons. The Morgan fingerprint density at radius 2 is 1.92 bits per heavy atom. The zero-order chi connectivity index (χ0) is 18.7. The summed E-state index contributed by atoms with van der Waals surface area (Å²) in [5.74, 6) is -0.588. The Labute approximate surface area is 150 Å². The third-order valence-corrected chi connectivity index (χ3v) is 4.49. The van der Waals surface area contributed by atoms with Gasteiger partial charge >= 0.3 is 5.63 Å². The van der Waals surface area contributed by atoms with Crippen molar-refractivity contribution in [2.75, 3.05) is 0 Å². The number of carbonyl (C=O) groups excluding carboxylic acids is 1. The third kappa shape index (κ3) is 3.77. The molecule has 5 heteroatoms. The lowest BCUT2D eigenvalue weighted by molar-refractivity contribution is -0.305. The molecule has 3 aromatic rings. The lowest BCUT2D eigenvalue weighted by Crippen LogP contribution is -2.24. The van der Waals surface area contributed by atoms with Gasteiger partial charge in [-0.3, -0.25) is 0 Å². The number of aryl methyl sites for hydroxylation is 2. The molecular weight excluding hydrogens is 332 g/mol. The highest BCUT2D eigenvalue weighted by atomic mass is 16.5. The Bertz CT molecular complexity index is 1020. The topological polar surface area (TPSA) is 79.6 Å². The van der Waals surface area contributed by atoms with E-state index in [1.165, 1.54) is 0 Å². The quantitative estimate of drug-likeness (QED) is 0.638. The van der Waals surface area contributed by atoms with E-state index in [0.29, 0.717) is 23.5 Å². The van der Waals surface area contributed by atoms with Gasteiger partial charge in [0.25, 0.3) is 0 Å². The predicted molar refractivity (Wildman–Crippen MR) is 96.1 cm³/mol. The van der Waals surface area contributed by atoms with Crippen LogP contribution >= 0.6 is 0 Å². The fourth-order valence-electron chi connectivity index (χ4n) is 2.91. The summed E-state index contributed by atoms with van der Waals surface area (Å²) in [5, 5.41) is 11.4. The van der Waals surface area contributed by atoms with Gasteiger partial charge in [0.1, 0.15) is 17.9 Å². The Morgan fingerprint density at radius 3 is 2.65 bits per heavy atom. The smallest absolute Gasteiger partial charge is 0.339 e. The number of aliphatic carboxylic acids is 1. The molecule has 1 heterocycles. The summed E-state index contributed by atoms with van der Waals surface area (Å²) < 4.78 is 11.2. The molecule has 0 amide bonds. The first-order valence-electron chi connectivity index (χ1n) is 8.39. The first kappa shape index (κ1) is 17.7. The highest BCUT2D eigenvalue weighted by Crippen LogP contribution is 2.25. The van der Waals surface area contributed by atoms with Crippen LogP contribution in [0.15, 0.2) is 51.7 Å². The van der Waals surface area contributed by atoms with Gasteiger partial charge in [0.05, 0.1) is 0 Å². The molecule has 0 bridgehead atoms. The van der Waals surface area contributed by atoms with Crippen molar-refractivity contribution in [1.29, 1.82) is 0 Å². The molecule has 0 N–H and O–H groups in total. The van der Waals surface area contributed by atoms with Crippen molar-refractivity contribution in [3.05, 3.63) is 75.1 Å². The molecule has 0 aliphatic carbocycles. The predicted octanol–water partition coefficient (Wildman–Crippen LogP) is 2.67. The van der Waals surface area contributed by atoms with Gasteiger partial charge in [0, 0.05) is 23.0 Å². The fourth-order valence-corrected chi connectivity index (χ4v) is 2.91. The van der Waals surface area contributed by atoms with E-state index < -0.39 is 11.6 Å². The number of fused-ring (bicyclic) bond motifs is 1. The van der Waals surface area contributed by atoms with Crippen LogP contribution in [-0.4, -0.2) is 5.97 Å². The Hall–Kier alpha value is -3.08. The van der Waals surface area contributed by atoms with Crippen LogP contribution in [0.3, 0.4) is 0 Å². The summed E-state index contributed by atoms with van der Waals surface area (Å²) in [6.07, 6.45) is -0.118. The maximum atomic E-state index is 12.2. The van der Waals surface area contributed by atoms with Crippen LogP contribution in [0.1, 0.15) is 28.7 Å². The Kier molecular flexibility index (Phi) is 5.07. The summed E-state index contributed by atoms with van der Waals surface area (Å²) in [4.78, 5) is 22.8. The average Bonchev–Trinajstić information content (AvgIpc) is 2.60. The number of rotatable bonds is 6. The lowest BCUT2D eigenvalue weighted by Gasteiger charge is -2.11. The van der Waals surface area contributed by atoms with Gasteiger partial charge in [-0.25, -0.2) is 4.79 Å². The molecule has 0 saturated carbocycles. The molecule has 3 rings (SSSR count). The van der Waals surface area contributed by atoms with E-state index >= 15 is 0 Å². The van der Waals surface area contributed by atoms with Crippen molar-refractivity contribution >= 4 is 16.9 Å². The third-order valence-electron chi connectivity index (χ3n) is 4.49. The molecule has 0 radical (unpaired) electrons. The normalized spacial score (nSPS) is 10.8. The van der Waals surface area contributed by atoms with Gasteiger partial charge < -0.3 is 19.1 Å². The molecule has 0 unspecified atom stereocenters. The number of carboxylic acids is 1. The Balaban J connectivity index is 1.87. The molecule has 5 nitrogen and oxygen atoms in total. The van der Waals surface area contributed by atoms with Crippen molar-refractivity contribution in [3.63, 3.8) is 0 Å². The summed E-state index contributed by atoms with van der Waals surface area (Å²) in [6, 6.07) is 13.3. The van der Waals surface area contributed by atoms with Crippen LogP contribution in [0.25, 0.3) is 11.0 Å². The van der Waals surface area contributed by atoms with Crippen molar-refractivity contribution in [2.24, 2.45) is 0 Å². The van der Waals surface area contributed by atoms with Crippen molar-refractivity contribution in [3.8, 4) is 5.75 Å². The second kappa shape index (κ2) is 7.44. The van der Waals surface area contributed by atoms with Gasteiger partial charge in [0.2, 0.25) is 0 Å². The average molecular weight is 351 g/mol. The lowest BCUT2D eigenvalue weighted by atomic mass is 10.0.